The van der Waals surface area contributed by atoms with Crippen LogP contribution in [0, 0.1) is 0 Å². The van der Waals surface area contributed by atoms with Crippen LogP contribution in [0.15, 0.2) is 42.6 Å². The monoisotopic (exact) mass is 306 g/mol. The van der Waals surface area contributed by atoms with Crippen LogP contribution in [0.3, 0.4) is 0 Å². The van der Waals surface area contributed by atoms with Crippen molar-refractivity contribution in [3.8, 4) is 0 Å². The fourth-order valence-electron chi connectivity index (χ4n) is 3.98. The molecule has 1 aromatic carbocycles. The number of aromatic nitrogens is 1. The van der Waals surface area contributed by atoms with E-state index in [1.165, 1.54) is 31.4 Å². The Morgan fingerprint density at radius 2 is 1.71 bits per heavy atom. The van der Waals surface area contributed by atoms with E-state index >= 15 is 0 Å². The minimum Gasteiger partial charge on any atom is -0.412 e. The molecule has 0 aliphatic carbocycles. The number of halogens is 1. The van der Waals surface area contributed by atoms with Gasteiger partial charge in [-0.1, -0.05) is 30.3 Å². The molecule has 0 bridgehead atoms. The Kier molecular flexibility index (Phi) is 4.77. The third-order valence-electron chi connectivity index (χ3n) is 4.90. The summed E-state index contributed by atoms with van der Waals surface area (Å²) in [6, 6.07) is 14.6. The highest BCUT2D eigenvalue weighted by molar-refractivity contribution is 5.85. The molecule has 1 aromatic heterocycles. The average molecular weight is 307 g/mol. The summed E-state index contributed by atoms with van der Waals surface area (Å²) in [5, 5.41) is 0. The first-order chi connectivity index (χ1) is 9.34. The second kappa shape index (κ2) is 6.22. The number of rotatable bonds is 1. The summed E-state index contributed by atoms with van der Waals surface area (Å²) in [5.41, 5.74) is 4.62. The van der Waals surface area contributed by atoms with Crippen molar-refractivity contribution < 1.29 is 5.48 Å². The van der Waals surface area contributed by atoms with Crippen molar-refractivity contribution >= 4 is 12.4 Å². The zero-order valence-corrected chi connectivity index (χ0v) is 13.1. The van der Waals surface area contributed by atoms with Gasteiger partial charge in [-0.05, 0) is 30.0 Å². The largest absolute Gasteiger partial charge is 0.412 e. The van der Waals surface area contributed by atoms with Gasteiger partial charge >= 0.3 is 0 Å². The summed E-state index contributed by atoms with van der Waals surface area (Å²) in [6.07, 6.45) is 6.02. The molecule has 3 nitrogen and oxygen atoms in total. The minimum atomic E-state index is 0. The smallest absolute Gasteiger partial charge is 0.0372 e. The van der Waals surface area contributed by atoms with E-state index in [1.54, 1.807) is 11.3 Å². The molecule has 4 heteroatoms. The number of benzene rings is 1. The van der Waals surface area contributed by atoms with Crippen LogP contribution in [0.25, 0.3) is 0 Å². The lowest BCUT2D eigenvalue weighted by Gasteiger charge is -2.34. The van der Waals surface area contributed by atoms with Crippen molar-refractivity contribution in [1.29, 1.82) is 0 Å². The lowest BCUT2D eigenvalue weighted by Crippen LogP contribution is -2.33. The molecular weight excluding hydrogens is 284 g/mol. The van der Waals surface area contributed by atoms with E-state index in [0.29, 0.717) is 12.1 Å². The second-order valence-corrected chi connectivity index (χ2v) is 5.84. The van der Waals surface area contributed by atoms with Crippen molar-refractivity contribution in [2.45, 2.75) is 31.3 Å². The molecule has 2 N–H and O–H groups in total. The molecule has 2 atom stereocenters. The van der Waals surface area contributed by atoms with Crippen LogP contribution in [0.5, 0.6) is 0 Å². The lowest BCUT2D eigenvalue weighted by molar-refractivity contribution is 0.182. The van der Waals surface area contributed by atoms with Gasteiger partial charge in [0.05, 0.1) is 0 Å². The Bertz CT molecular complexity index is 596. The number of hydrogen-bond donors (Lipinski definition) is 0. The summed E-state index contributed by atoms with van der Waals surface area (Å²) >= 11 is 0. The zero-order valence-electron chi connectivity index (χ0n) is 12.3. The maximum Gasteiger partial charge on any atom is 0.0372 e. The first-order valence-electron chi connectivity index (χ1n) is 7.29. The lowest BCUT2D eigenvalue weighted by atomic mass is 9.99. The molecule has 0 radical (unpaired) electrons. The molecule has 1 fully saturated rings. The van der Waals surface area contributed by atoms with Gasteiger partial charge in [-0.25, -0.2) is 0 Å². The molecule has 114 valence electrons. The van der Waals surface area contributed by atoms with Gasteiger partial charge in [-0.3, -0.25) is 4.90 Å². The molecule has 2 aromatic rings. The van der Waals surface area contributed by atoms with E-state index in [2.05, 4.69) is 59.1 Å². The van der Waals surface area contributed by atoms with Gasteiger partial charge in [-0.15, -0.1) is 12.4 Å². The van der Waals surface area contributed by atoms with Gasteiger partial charge < -0.3 is 10.0 Å². The molecule has 0 saturated carbocycles. The number of fused-ring (bicyclic) bond motifs is 3. The van der Waals surface area contributed by atoms with Crippen LogP contribution >= 0.6 is 12.4 Å². The van der Waals surface area contributed by atoms with Gasteiger partial charge in [0.2, 0.25) is 0 Å². The third kappa shape index (κ3) is 2.50. The molecule has 2 aliphatic rings. The molecule has 2 unspecified atom stereocenters. The van der Waals surface area contributed by atoms with E-state index in [0.717, 1.165) is 0 Å². The highest BCUT2D eigenvalue weighted by atomic mass is 35.5. The standard InChI is InChI=1S/C17H20N2.ClH.H2O/c1-18-11-9-14-16(18)10-12-19-15(7-8-17(14)19)13-5-3-2-4-6-13;;/h2-6,9,11,15,17H,7-8,10,12H2,1H3;1H;1H2. The molecule has 2 aliphatic heterocycles. The predicted octanol–water partition coefficient (Wildman–Crippen LogP) is 3.06. The van der Waals surface area contributed by atoms with Gasteiger partial charge in [0, 0.05) is 44.0 Å². The van der Waals surface area contributed by atoms with Crippen LogP contribution in [0.4, 0.5) is 0 Å². The zero-order chi connectivity index (χ0) is 12.8. The average Bonchev–Trinajstić information content (AvgIpc) is 3.03. The summed E-state index contributed by atoms with van der Waals surface area (Å²) < 4.78 is 2.31. The van der Waals surface area contributed by atoms with Crippen molar-refractivity contribution in [2.24, 2.45) is 7.05 Å². The van der Waals surface area contributed by atoms with E-state index in [4.69, 9.17) is 0 Å². The molecular formula is C17H23ClN2O. The fourth-order valence-corrected chi connectivity index (χ4v) is 3.98. The first kappa shape index (κ1) is 16.1. The minimum absolute atomic E-state index is 0. The summed E-state index contributed by atoms with van der Waals surface area (Å²) in [7, 11) is 2.18. The summed E-state index contributed by atoms with van der Waals surface area (Å²) in [6.45, 7) is 1.20. The van der Waals surface area contributed by atoms with Crippen LogP contribution in [0.2, 0.25) is 0 Å². The molecule has 21 heavy (non-hydrogen) atoms. The first-order valence-corrected chi connectivity index (χ1v) is 7.29. The number of hydrogen-bond acceptors (Lipinski definition) is 1. The van der Waals surface area contributed by atoms with Crippen molar-refractivity contribution in [1.82, 2.24) is 9.47 Å². The Morgan fingerprint density at radius 3 is 2.48 bits per heavy atom. The molecule has 3 heterocycles. The van der Waals surface area contributed by atoms with Crippen LogP contribution < -0.4 is 0 Å². The second-order valence-electron chi connectivity index (χ2n) is 5.84. The van der Waals surface area contributed by atoms with Crippen molar-refractivity contribution in [2.75, 3.05) is 6.54 Å². The summed E-state index contributed by atoms with van der Waals surface area (Å²) in [4.78, 5) is 2.72. The fraction of sp³-hybridized carbons (Fsp3) is 0.412. The van der Waals surface area contributed by atoms with E-state index in [9.17, 15) is 0 Å². The van der Waals surface area contributed by atoms with Gasteiger partial charge in [0.1, 0.15) is 0 Å². The van der Waals surface area contributed by atoms with Crippen LogP contribution in [0.1, 0.15) is 41.7 Å². The molecule has 1 saturated heterocycles. The van der Waals surface area contributed by atoms with Gasteiger partial charge in [-0.2, -0.15) is 0 Å². The topological polar surface area (TPSA) is 39.7 Å². The highest BCUT2D eigenvalue weighted by Crippen LogP contribution is 2.47. The number of aryl methyl sites for hydroxylation is 1. The third-order valence-corrected chi connectivity index (χ3v) is 4.90. The van der Waals surface area contributed by atoms with Crippen molar-refractivity contribution in [3.63, 3.8) is 0 Å². The Labute approximate surface area is 132 Å². The molecule has 0 spiro atoms. The van der Waals surface area contributed by atoms with Crippen LogP contribution in [-0.4, -0.2) is 21.5 Å². The quantitative estimate of drug-likeness (QED) is 0.798. The van der Waals surface area contributed by atoms with E-state index in [-0.39, 0.29) is 17.9 Å². The Hall–Kier alpha value is -1.29. The molecule has 0 amide bonds. The van der Waals surface area contributed by atoms with E-state index < -0.39 is 0 Å². The maximum absolute atomic E-state index is 2.72. The Balaban J connectivity index is 0.000000807. The Morgan fingerprint density at radius 1 is 1.00 bits per heavy atom. The SMILES string of the molecule is Cl.Cn1ccc2c1CCN1C(c3ccccc3)CCC21.O. The van der Waals surface area contributed by atoms with Gasteiger partial charge in [0.15, 0.2) is 0 Å². The normalized spacial score (nSPS) is 23.7. The van der Waals surface area contributed by atoms with Crippen molar-refractivity contribution in [3.05, 3.63) is 59.4 Å². The number of nitrogens with zero attached hydrogens (tertiary/aromatic N) is 2. The van der Waals surface area contributed by atoms with Crippen LogP contribution in [-0.2, 0) is 13.5 Å². The molecule has 4 rings (SSSR count). The van der Waals surface area contributed by atoms with Gasteiger partial charge in [0.25, 0.3) is 0 Å². The maximum atomic E-state index is 2.72. The summed E-state index contributed by atoms with van der Waals surface area (Å²) in [5.74, 6) is 0. The van der Waals surface area contributed by atoms with E-state index in [1.807, 2.05) is 0 Å². The highest BCUT2D eigenvalue weighted by Gasteiger charge is 2.38. The predicted molar refractivity (Wildman–Crippen MR) is 87.8 cm³/mol.